The predicted octanol–water partition coefficient (Wildman–Crippen LogP) is 2.11. The number of urea groups is 1. The number of ether oxygens (including phenoxy) is 2. The van der Waals surface area contributed by atoms with Crippen molar-refractivity contribution < 1.29 is 28.6 Å². The maximum Gasteiger partial charge on any atom is 0.318 e. The molecule has 2 fully saturated rings. The number of nitrogens with zero attached hydrogens (tertiary/aromatic N) is 3. The van der Waals surface area contributed by atoms with E-state index in [1.54, 1.807) is 6.07 Å². The summed E-state index contributed by atoms with van der Waals surface area (Å²) in [5.41, 5.74) is 1.27. The minimum atomic E-state index is -1.51. The monoisotopic (exact) mass is 557 g/mol. The average Bonchev–Trinajstić information content (AvgIpc) is 3.47. The lowest BCUT2D eigenvalue weighted by Crippen LogP contribution is -2.56. The Bertz CT molecular complexity index is 1560. The second kappa shape index (κ2) is 10.7. The van der Waals surface area contributed by atoms with E-state index >= 15 is 0 Å². The fourth-order valence-electron chi connectivity index (χ4n) is 5.26. The fraction of sp³-hybridized carbons (Fsp3) is 0.300. The molecule has 2 atom stereocenters. The molecule has 0 saturated carbocycles. The van der Waals surface area contributed by atoms with Gasteiger partial charge < -0.3 is 35.0 Å². The summed E-state index contributed by atoms with van der Waals surface area (Å²) in [4.78, 5) is 33.7. The molecule has 3 aliphatic rings. The first kappa shape index (κ1) is 26.6. The summed E-state index contributed by atoms with van der Waals surface area (Å²) in [6.45, 7) is 2.88. The number of aliphatic hydroxyl groups is 1. The van der Waals surface area contributed by atoms with Crippen LogP contribution in [-0.4, -0.2) is 78.7 Å². The summed E-state index contributed by atoms with van der Waals surface area (Å²) in [6.07, 6.45) is -1.40. The van der Waals surface area contributed by atoms with Crippen LogP contribution in [0.2, 0.25) is 0 Å². The number of methoxy groups -OCH3 is 1. The Kier molecular flexibility index (Phi) is 6.95. The molecule has 2 unspecified atom stereocenters. The Morgan fingerprint density at radius 2 is 1.93 bits per heavy atom. The topological polar surface area (TPSA) is 116 Å². The summed E-state index contributed by atoms with van der Waals surface area (Å²) in [6, 6.07) is 15.8. The summed E-state index contributed by atoms with van der Waals surface area (Å²) >= 11 is 0. The molecule has 2 saturated heterocycles. The van der Waals surface area contributed by atoms with Crippen molar-refractivity contribution >= 4 is 17.8 Å². The van der Waals surface area contributed by atoms with Gasteiger partial charge in [-0.05, 0) is 35.9 Å². The molecule has 11 heteroatoms. The van der Waals surface area contributed by atoms with Crippen molar-refractivity contribution in [3.63, 3.8) is 0 Å². The van der Waals surface area contributed by atoms with Crippen LogP contribution < -0.4 is 20.3 Å². The normalized spacial score (nSPS) is 21.6. The lowest BCUT2D eigenvalue weighted by atomic mass is 9.97. The molecule has 0 spiro atoms. The summed E-state index contributed by atoms with van der Waals surface area (Å²) in [5.74, 6) is 5.55. The van der Waals surface area contributed by atoms with Crippen LogP contribution in [0.15, 0.2) is 54.6 Å². The Labute approximate surface area is 236 Å². The highest BCUT2D eigenvalue weighted by Gasteiger charge is 2.48. The summed E-state index contributed by atoms with van der Waals surface area (Å²) in [5, 5.41) is 15.8. The zero-order valence-corrected chi connectivity index (χ0v) is 22.3. The highest BCUT2D eigenvalue weighted by atomic mass is 19.1. The number of aromatic nitrogens is 1. The quantitative estimate of drug-likeness (QED) is 0.412. The highest BCUT2D eigenvalue weighted by molar-refractivity contribution is 5.99. The van der Waals surface area contributed by atoms with Crippen molar-refractivity contribution in [3.05, 3.63) is 77.1 Å². The number of rotatable bonds is 5. The third-order valence-electron chi connectivity index (χ3n) is 7.47. The number of aliphatic hydroxyl groups excluding tert-OH is 1. The molecule has 10 nitrogen and oxygen atoms in total. The molecule has 0 bridgehead atoms. The van der Waals surface area contributed by atoms with Gasteiger partial charge in [-0.15, -0.1) is 0 Å². The first-order chi connectivity index (χ1) is 19.9. The zero-order chi connectivity index (χ0) is 28.6. The molecule has 3 amide bonds. The maximum atomic E-state index is 14.8. The second-order valence-corrected chi connectivity index (χ2v) is 10.1. The van der Waals surface area contributed by atoms with E-state index in [4.69, 9.17) is 14.5 Å². The van der Waals surface area contributed by atoms with Crippen LogP contribution in [0.25, 0.3) is 11.3 Å². The molecule has 2 aromatic carbocycles. The van der Waals surface area contributed by atoms with Crippen molar-refractivity contribution in [2.45, 2.75) is 18.3 Å². The van der Waals surface area contributed by atoms with Crippen molar-refractivity contribution in [3.8, 4) is 28.8 Å². The number of nitrogens with one attached hydrogen (secondary N) is 2. The Hall–Kier alpha value is -4.66. The minimum Gasteiger partial charge on any atom is -0.494 e. The molecule has 0 aliphatic carbocycles. The molecular weight excluding hydrogens is 529 g/mol. The zero-order valence-electron chi connectivity index (χ0n) is 22.3. The van der Waals surface area contributed by atoms with Gasteiger partial charge in [0.05, 0.1) is 38.1 Å². The van der Waals surface area contributed by atoms with Crippen LogP contribution in [0.4, 0.5) is 15.0 Å². The third-order valence-corrected chi connectivity index (χ3v) is 7.47. The smallest absolute Gasteiger partial charge is 0.318 e. The number of hydrogen-bond acceptors (Lipinski definition) is 7. The van der Waals surface area contributed by atoms with Crippen LogP contribution in [0, 0.1) is 17.7 Å². The Balaban J connectivity index is 1.23. The van der Waals surface area contributed by atoms with Crippen LogP contribution in [0.3, 0.4) is 0 Å². The highest BCUT2D eigenvalue weighted by Crippen LogP contribution is 2.32. The molecule has 6 rings (SSSR count). The van der Waals surface area contributed by atoms with Gasteiger partial charge in [-0.25, -0.2) is 14.2 Å². The standard InChI is InChI=1S/C30H28FN5O5/c1-40-23-10-9-21-17-36(27(37)25(21)26(23)31)18-30(28(38)33-29(39)34-30)12-11-19-5-7-20(8-6-19)22-3-2-4-24(32-22)35-13-15-41-16-14-35/h2-10,28,38H,13-18H2,1H3,(H2,33,34,39). The van der Waals surface area contributed by atoms with Gasteiger partial charge in [0.25, 0.3) is 5.91 Å². The molecule has 3 N–H and O–H groups in total. The second-order valence-electron chi connectivity index (χ2n) is 10.1. The number of halogens is 1. The Morgan fingerprint density at radius 3 is 2.63 bits per heavy atom. The number of carbonyl (C=O) groups excluding carboxylic acids is 2. The van der Waals surface area contributed by atoms with Crippen LogP contribution >= 0.6 is 0 Å². The molecule has 3 aliphatic heterocycles. The number of pyridine rings is 1. The van der Waals surface area contributed by atoms with Gasteiger partial charge in [0.1, 0.15) is 5.82 Å². The van der Waals surface area contributed by atoms with E-state index in [-0.39, 0.29) is 24.4 Å². The van der Waals surface area contributed by atoms with Gasteiger partial charge in [-0.2, -0.15) is 0 Å². The summed E-state index contributed by atoms with van der Waals surface area (Å²) < 4.78 is 25.3. The van der Waals surface area contributed by atoms with Crippen LogP contribution in [0.5, 0.6) is 5.75 Å². The number of amides is 3. The van der Waals surface area contributed by atoms with E-state index in [1.807, 2.05) is 42.5 Å². The number of carbonyl (C=O) groups is 2. The first-order valence-electron chi connectivity index (χ1n) is 13.2. The van der Waals surface area contributed by atoms with Crippen molar-refractivity contribution in [1.29, 1.82) is 0 Å². The summed E-state index contributed by atoms with van der Waals surface area (Å²) in [7, 11) is 1.33. The van der Waals surface area contributed by atoms with Gasteiger partial charge >= 0.3 is 6.03 Å². The van der Waals surface area contributed by atoms with E-state index in [9.17, 15) is 19.1 Å². The fourth-order valence-corrected chi connectivity index (χ4v) is 5.26. The van der Waals surface area contributed by atoms with E-state index in [1.165, 1.54) is 18.1 Å². The number of anilines is 1. The van der Waals surface area contributed by atoms with Gasteiger partial charge in [0.15, 0.2) is 23.3 Å². The van der Waals surface area contributed by atoms with Crippen LogP contribution in [-0.2, 0) is 11.3 Å². The largest absolute Gasteiger partial charge is 0.494 e. The maximum absolute atomic E-state index is 14.8. The van der Waals surface area contributed by atoms with Crippen molar-refractivity contribution in [2.24, 2.45) is 0 Å². The average molecular weight is 558 g/mol. The Morgan fingerprint density at radius 1 is 1.15 bits per heavy atom. The van der Waals surface area contributed by atoms with Gasteiger partial charge in [0.2, 0.25) is 0 Å². The lowest BCUT2D eigenvalue weighted by Gasteiger charge is -2.30. The number of hydrogen-bond donors (Lipinski definition) is 3. The molecule has 0 radical (unpaired) electrons. The number of morpholine rings is 1. The van der Waals surface area contributed by atoms with E-state index in [0.29, 0.717) is 24.3 Å². The number of fused-ring (bicyclic) bond motifs is 1. The van der Waals surface area contributed by atoms with Crippen LogP contribution in [0.1, 0.15) is 21.5 Å². The van der Waals surface area contributed by atoms with Gasteiger partial charge in [0, 0.05) is 30.8 Å². The molecule has 1 aromatic heterocycles. The molecule has 210 valence electrons. The van der Waals surface area contributed by atoms with E-state index in [2.05, 4.69) is 27.4 Å². The van der Waals surface area contributed by atoms with Crippen molar-refractivity contribution in [2.75, 3.05) is 44.9 Å². The van der Waals surface area contributed by atoms with Crippen molar-refractivity contribution in [1.82, 2.24) is 20.5 Å². The minimum absolute atomic E-state index is 0.0317. The number of benzene rings is 2. The van der Waals surface area contributed by atoms with E-state index < -0.39 is 29.5 Å². The third kappa shape index (κ3) is 5.03. The first-order valence-corrected chi connectivity index (χ1v) is 13.2. The lowest BCUT2D eigenvalue weighted by molar-refractivity contribution is 0.0609. The molecular formula is C30H28FN5O5. The van der Waals surface area contributed by atoms with Gasteiger partial charge in [-0.3, -0.25) is 4.79 Å². The van der Waals surface area contributed by atoms with E-state index in [0.717, 1.165) is 30.2 Å². The van der Waals surface area contributed by atoms with Gasteiger partial charge in [-0.1, -0.05) is 36.1 Å². The molecule has 3 aromatic rings. The molecule has 4 heterocycles. The molecule has 41 heavy (non-hydrogen) atoms. The SMILES string of the molecule is COc1ccc2c(c1F)C(=O)N(CC1(C#Cc3ccc(-c4cccc(N5CCOCC5)n4)cc3)NC(=O)NC1O)C2. The predicted molar refractivity (Wildman–Crippen MR) is 148 cm³/mol.